The molecule has 4 atom stereocenters. The smallest absolute Gasteiger partial charge is 0.283 e. The number of nitrogens with one attached hydrogen (secondary N) is 1. The fourth-order valence-electron chi connectivity index (χ4n) is 5.11. The van der Waals surface area contributed by atoms with E-state index in [4.69, 9.17) is 20.2 Å². The minimum absolute atomic E-state index is 0.0651. The molecule has 6 heteroatoms. The van der Waals surface area contributed by atoms with E-state index in [0.29, 0.717) is 12.5 Å². The summed E-state index contributed by atoms with van der Waals surface area (Å²) in [5, 5.41) is 3.26. The fraction of sp³-hybridized carbons (Fsp3) is 0.652. The van der Waals surface area contributed by atoms with Gasteiger partial charge in [0.05, 0.1) is 0 Å². The van der Waals surface area contributed by atoms with Gasteiger partial charge >= 0.3 is 0 Å². The second-order valence-corrected chi connectivity index (χ2v) is 10.2. The molecule has 2 heterocycles. The zero-order chi connectivity index (χ0) is 20.4. The Balaban J connectivity index is 1.49. The van der Waals surface area contributed by atoms with E-state index in [1.165, 1.54) is 18.4 Å². The summed E-state index contributed by atoms with van der Waals surface area (Å²) < 4.78 is 12.2. The number of hydrogen-bond acceptors (Lipinski definition) is 5. The lowest BCUT2D eigenvalue weighted by atomic mass is 9.67. The number of carbonyl (C=O) groups excluding carboxylic acids is 1. The van der Waals surface area contributed by atoms with E-state index < -0.39 is 11.0 Å². The van der Waals surface area contributed by atoms with Crippen molar-refractivity contribution in [1.29, 1.82) is 0 Å². The first-order chi connectivity index (χ1) is 13.8. The van der Waals surface area contributed by atoms with Gasteiger partial charge in [-0.2, -0.15) is 0 Å². The van der Waals surface area contributed by atoms with Crippen LogP contribution < -0.4 is 15.8 Å². The number of nitrogens with two attached hydrogens (primary N) is 1. The molecule has 2 aliphatic heterocycles. The molecule has 156 valence electrons. The van der Waals surface area contributed by atoms with Crippen molar-refractivity contribution >= 4 is 11.9 Å². The normalized spacial score (nSPS) is 33.2. The molecular formula is C23H31N3O3. The molecule has 6 nitrogen and oxygen atoms in total. The van der Waals surface area contributed by atoms with Gasteiger partial charge in [0.2, 0.25) is 5.91 Å². The number of benzene rings is 1. The van der Waals surface area contributed by atoms with Crippen molar-refractivity contribution in [2.45, 2.75) is 76.5 Å². The van der Waals surface area contributed by atoms with E-state index in [2.05, 4.69) is 23.5 Å². The van der Waals surface area contributed by atoms with Crippen molar-refractivity contribution in [3.8, 4) is 5.75 Å². The van der Waals surface area contributed by atoms with Gasteiger partial charge in [-0.3, -0.25) is 4.79 Å². The summed E-state index contributed by atoms with van der Waals surface area (Å²) in [6.07, 6.45) is 5.19. The van der Waals surface area contributed by atoms with Gasteiger partial charge in [-0.05, 0) is 55.7 Å². The molecule has 1 aromatic carbocycles. The number of fused-ring (bicyclic) bond motifs is 4. The third-order valence-corrected chi connectivity index (χ3v) is 6.96. The first-order valence-corrected chi connectivity index (χ1v) is 10.9. The average Bonchev–Trinajstić information content (AvgIpc) is 3.45. The lowest BCUT2D eigenvalue weighted by molar-refractivity contribution is -0.130. The summed E-state index contributed by atoms with van der Waals surface area (Å²) in [5.41, 5.74) is 7.57. The molecule has 0 unspecified atom stereocenters. The van der Waals surface area contributed by atoms with E-state index in [1.807, 2.05) is 20.8 Å². The first-order valence-electron chi connectivity index (χ1n) is 10.9. The van der Waals surface area contributed by atoms with Crippen molar-refractivity contribution in [1.82, 2.24) is 5.32 Å². The van der Waals surface area contributed by atoms with Crippen molar-refractivity contribution in [3.05, 3.63) is 29.3 Å². The highest BCUT2D eigenvalue weighted by molar-refractivity contribution is 5.81. The largest absolute Gasteiger partial charge is 0.490 e. The minimum Gasteiger partial charge on any atom is -0.490 e. The van der Waals surface area contributed by atoms with Gasteiger partial charge in [0.25, 0.3) is 6.02 Å². The first kappa shape index (κ1) is 18.8. The second-order valence-electron chi connectivity index (χ2n) is 10.2. The van der Waals surface area contributed by atoms with Crippen LogP contribution in [0.25, 0.3) is 0 Å². The van der Waals surface area contributed by atoms with E-state index in [-0.39, 0.29) is 30.0 Å². The summed E-state index contributed by atoms with van der Waals surface area (Å²) >= 11 is 0. The average molecular weight is 398 g/mol. The van der Waals surface area contributed by atoms with E-state index in [0.717, 1.165) is 30.6 Å². The molecule has 1 spiro atoms. The minimum atomic E-state index is -0.516. The number of amidine groups is 1. The zero-order valence-electron chi connectivity index (χ0n) is 17.5. The van der Waals surface area contributed by atoms with Gasteiger partial charge in [-0.25, -0.2) is 4.99 Å². The Kier molecular flexibility index (Phi) is 4.13. The van der Waals surface area contributed by atoms with Gasteiger partial charge in [0, 0.05) is 22.9 Å². The zero-order valence-corrected chi connectivity index (χ0v) is 17.5. The Morgan fingerprint density at radius 2 is 2.03 bits per heavy atom. The van der Waals surface area contributed by atoms with Gasteiger partial charge in [-0.1, -0.05) is 26.8 Å². The number of nitrogens with zero attached hydrogens (tertiary/aromatic N) is 1. The summed E-state index contributed by atoms with van der Waals surface area (Å²) in [5.74, 6) is 1.79. The highest BCUT2D eigenvalue weighted by Gasteiger charge is 2.56. The molecule has 2 aliphatic carbocycles. The molecule has 4 aliphatic rings. The number of aliphatic imine (C=N–C) groups is 1. The van der Waals surface area contributed by atoms with Crippen molar-refractivity contribution in [3.63, 3.8) is 0 Å². The molecule has 2 fully saturated rings. The van der Waals surface area contributed by atoms with Crippen LogP contribution in [0.2, 0.25) is 0 Å². The topological polar surface area (TPSA) is 85.9 Å². The Labute approximate surface area is 172 Å². The summed E-state index contributed by atoms with van der Waals surface area (Å²) in [7, 11) is 0. The number of amides is 1. The highest BCUT2D eigenvalue weighted by Crippen LogP contribution is 2.53. The number of hydrogen-bond donors (Lipinski definition) is 2. The highest BCUT2D eigenvalue weighted by atomic mass is 16.5. The lowest BCUT2D eigenvalue weighted by Crippen LogP contribution is -2.55. The Hall–Kier alpha value is -2.24. The quantitative estimate of drug-likeness (QED) is 0.802. The molecule has 29 heavy (non-hydrogen) atoms. The predicted octanol–water partition coefficient (Wildman–Crippen LogP) is 3.20. The van der Waals surface area contributed by atoms with Crippen molar-refractivity contribution in [2.24, 2.45) is 22.1 Å². The van der Waals surface area contributed by atoms with Crippen LogP contribution in [0.3, 0.4) is 0 Å². The van der Waals surface area contributed by atoms with Crippen LogP contribution in [0.15, 0.2) is 23.2 Å². The van der Waals surface area contributed by atoms with E-state index >= 15 is 0 Å². The summed E-state index contributed by atoms with van der Waals surface area (Å²) in [6.45, 7) is 6.30. The van der Waals surface area contributed by atoms with Crippen LogP contribution in [0, 0.1) is 11.3 Å². The maximum absolute atomic E-state index is 12.6. The number of carbonyl (C=O) groups is 1. The third-order valence-electron chi connectivity index (χ3n) is 6.96. The fourth-order valence-corrected chi connectivity index (χ4v) is 5.11. The molecule has 1 aromatic rings. The molecular weight excluding hydrogens is 366 g/mol. The molecule has 0 saturated heterocycles. The summed E-state index contributed by atoms with van der Waals surface area (Å²) in [4.78, 5) is 17.4. The van der Waals surface area contributed by atoms with Crippen molar-refractivity contribution in [2.75, 3.05) is 6.61 Å². The van der Waals surface area contributed by atoms with Crippen molar-refractivity contribution < 1.29 is 14.3 Å². The standard InChI is InChI=1S/C23H31N3O3/c1-22(2,3)20(27)25-15-7-9-19-17(11-15)23(12-28-21(24)26-23)16-10-14(13-4-5-13)6-8-18(16)29-19/h6,8,10,13,15,17,19H,4-5,7,9,11-12H2,1-3H3,(H2,24,26)(H,25,27)/t15-,17-,19-,23-/m0/s1. The van der Waals surface area contributed by atoms with E-state index in [9.17, 15) is 4.79 Å². The third kappa shape index (κ3) is 3.17. The molecule has 3 N–H and O–H groups in total. The SMILES string of the molecule is CC(C)(C)C(=O)N[C@H]1CC[C@@H]2Oc3ccc(C4CC4)cc3[C@@]3(COC(N)=N3)[C@H]2C1. The molecule has 0 bridgehead atoms. The van der Waals surface area contributed by atoms with Crippen LogP contribution in [0.4, 0.5) is 0 Å². The van der Waals surface area contributed by atoms with Gasteiger partial charge in [0.1, 0.15) is 24.0 Å². The Morgan fingerprint density at radius 1 is 1.24 bits per heavy atom. The number of ether oxygens (including phenoxy) is 2. The number of rotatable bonds is 2. The van der Waals surface area contributed by atoms with E-state index in [1.54, 1.807) is 0 Å². The second kappa shape index (κ2) is 6.38. The predicted molar refractivity (Wildman–Crippen MR) is 111 cm³/mol. The van der Waals surface area contributed by atoms with Crippen LogP contribution >= 0.6 is 0 Å². The van der Waals surface area contributed by atoms with Gasteiger partial charge < -0.3 is 20.5 Å². The molecule has 5 rings (SSSR count). The maximum atomic E-state index is 12.6. The van der Waals surface area contributed by atoms with Gasteiger partial charge in [-0.15, -0.1) is 0 Å². The molecule has 0 radical (unpaired) electrons. The van der Waals surface area contributed by atoms with Crippen LogP contribution in [-0.2, 0) is 15.1 Å². The summed E-state index contributed by atoms with van der Waals surface area (Å²) in [6, 6.07) is 6.95. The van der Waals surface area contributed by atoms with Crippen LogP contribution in [0.1, 0.15) is 69.9 Å². The monoisotopic (exact) mass is 397 g/mol. The maximum Gasteiger partial charge on any atom is 0.283 e. The van der Waals surface area contributed by atoms with Crippen LogP contribution in [-0.4, -0.2) is 30.7 Å². The Bertz CT molecular complexity index is 871. The molecule has 2 saturated carbocycles. The lowest BCUT2D eigenvalue weighted by Gasteiger charge is -2.48. The molecule has 0 aromatic heterocycles. The van der Waals surface area contributed by atoms with Crippen LogP contribution in [0.5, 0.6) is 5.75 Å². The Morgan fingerprint density at radius 3 is 2.69 bits per heavy atom. The molecule has 1 amide bonds. The van der Waals surface area contributed by atoms with Gasteiger partial charge in [0.15, 0.2) is 0 Å².